The third kappa shape index (κ3) is 9.06. The third-order valence-corrected chi connectivity index (χ3v) is 12.8. The Morgan fingerprint density at radius 3 is 1.75 bits per heavy atom. The molecule has 0 atom stereocenters. The summed E-state index contributed by atoms with van der Waals surface area (Å²) in [6.07, 6.45) is 1.89. The van der Waals surface area contributed by atoms with Gasteiger partial charge in [-0.05, 0) is 141 Å². The lowest BCUT2D eigenvalue weighted by Crippen LogP contribution is -2.17. The van der Waals surface area contributed by atoms with Crippen LogP contribution in [0.5, 0.6) is 5.75 Å². The van der Waals surface area contributed by atoms with Crippen LogP contribution in [0.1, 0.15) is 126 Å². The summed E-state index contributed by atoms with van der Waals surface area (Å²) in [5.74, 6) is 0.589. The highest BCUT2D eigenvalue weighted by molar-refractivity contribution is 5.97. The smallest absolute Gasteiger partial charge is 0.149 e. The van der Waals surface area contributed by atoms with E-state index in [1.807, 2.05) is 41.1 Å². The summed E-state index contributed by atoms with van der Waals surface area (Å²) in [7, 11) is 0. The first-order valence-electron chi connectivity index (χ1n) is 24.4. The lowest BCUT2D eigenvalue weighted by atomic mass is 9.79. The Morgan fingerprint density at radius 2 is 1.12 bits per heavy atom. The number of hydrogen-bond acceptors (Lipinski definition) is 3. The summed E-state index contributed by atoms with van der Waals surface area (Å²) in [6, 6.07) is 41.9. The van der Waals surface area contributed by atoms with Crippen molar-refractivity contribution in [2.24, 2.45) is 0 Å². The fourth-order valence-electron chi connectivity index (χ4n) is 8.91. The summed E-state index contributed by atoms with van der Waals surface area (Å²) in [4.78, 5) is 10.5. The van der Waals surface area contributed by atoms with Crippen LogP contribution < -0.4 is 0 Å². The second kappa shape index (κ2) is 16.3. The molecule has 0 amide bonds. The number of aromatic hydroxyl groups is 1. The fraction of sp³-hybridized carbons (Fsp3) is 0.311. The molecule has 8 aromatic rings. The molecule has 0 aliphatic heterocycles. The van der Waals surface area contributed by atoms with Crippen molar-refractivity contribution in [3.8, 4) is 67.5 Å². The predicted molar refractivity (Wildman–Crippen MR) is 277 cm³/mol. The molecule has 0 radical (unpaired) electrons. The molecule has 0 aliphatic carbocycles. The van der Waals surface area contributed by atoms with E-state index in [2.05, 4.69) is 182 Å². The maximum Gasteiger partial charge on any atom is 0.149 e. The van der Waals surface area contributed by atoms with Crippen LogP contribution in [0.2, 0.25) is 0 Å². The molecule has 0 unspecified atom stereocenters. The van der Waals surface area contributed by atoms with E-state index in [1.54, 1.807) is 6.07 Å². The van der Waals surface area contributed by atoms with Gasteiger partial charge in [0.15, 0.2) is 0 Å². The maximum atomic E-state index is 12.5. The number of rotatable bonds is 6. The number of phenols is 1. The van der Waals surface area contributed by atoms with Gasteiger partial charge in [0.1, 0.15) is 11.6 Å². The molecule has 8 rings (SSSR count). The standard InChI is InChI=1S/C61H67N3O/c1-37-27-38(2)29-43(28-37)42-25-26-62-52(34-42)45-31-44(32-47(33-45)59(7,8)9)49-17-16-18-54-55(49)63-57(50-35-48(60(10,11)12)36-51(56(50)65)61(13,14)15)64(54)53-24-21-41(30-39(53)3)40-19-22-46(23-20-40)58(4,5)6/h16-36,65H,1-15H3/i3D3. The maximum absolute atomic E-state index is 12.5. The SMILES string of the molecule is [2H]C([2H])([2H])c1cc(-c2ccc(C(C)(C)C)cc2)ccc1-n1c(-c2cc(C(C)(C)C)cc(C(C)(C)C)c2O)nc2c(-c3cc(-c4cc(-c5cc(C)cc(C)c5)ccn4)cc(C(C)(C)C)c3)cccc21. The number of aromatic nitrogens is 3. The molecule has 0 saturated carbocycles. The average molecular weight is 861 g/mol. The molecule has 4 nitrogen and oxygen atoms in total. The van der Waals surface area contributed by atoms with E-state index in [0.717, 1.165) is 66.8 Å². The van der Waals surface area contributed by atoms with Gasteiger partial charge in [0.25, 0.3) is 0 Å². The molecule has 332 valence electrons. The van der Waals surface area contributed by atoms with E-state index in [9.17, 15) is 5.11 Å². The summed E-state index contributed by atoms with van der Waals surface area (Å²) in [6.45, 7) is 27.8. The van der Waals surface area contributed by atoms with Crippen LogP contribution >= 0.6 is 0 Å². The van der Waals surface area contributed by atoms with Crippen LogP contribution in [-0.2, 0) is 21.7 Å². The molecule has 2 heterocycles. The number of nitrogens with zero attached hydrogens (tertiary/aromatic N) is 3. The molecule has 0 aliphatic rings. The number of pyridine rings is 1. The van der Waals surface area contributed by atoms with E-state index < -0.39 is 12.3 Å². The monoisotopic (exact) mass is 861 g/mol. The molecule has 0 fully saturated rings. The van der Waals surface area contributed by atoms with E-state index in [0.29, 0.717) is 22.6 Å². The van der Waals surface area contributed by atoms with Crippen LogP contribution in [0.4, 0.5) is 0 Å². The number of fused-ring (bicyclic) bond motifs is 1. The highest BCUT2D eigenvalue weighted by Gasteiger charge is 2.29. The highest BCUT2D eigenvalue weighted by atomic mass is 16.3. The highest BCUT2D eigenvalue weighted by Crippen LogP contribution is 2.45. The topological polar surface area (TPSA) is 50.9 Å². The summed E-state index contributed by atoms with van der Waals surface area (Å²) < 4.78 is 29.1. The molecule has 65 heavy (non-hydrogen) atoms. The molecular weight excluding hydrogens is 791 g/mol. The number of imidazole rings is 1. The van der Waals surface area contributed by atoms with Gasteiger partial charge in [-0.3, -0.25) is 9.55 Å². The average Bonchev–Trinajstić information content (AvgIpc) is 3.63. The minimum atomic E-state index is -2.50. The molecular formula is C61H67N3O. The minimum absolute atomic E-state index is 0.0226. The van der Waals surface area contributed by atoms with Gasteiger partial charge < -0.3 is 5.11 Å². The summed E-state index contributed by atoms with van der Waals surface area (Å²) in [5, 5.41) is 12.5. The lowest BCUT2D eigenvalue weighted by molar-refractivity contribution is 0.446. The van der Waals surface area contributed by atoms with E-state index in [4.69, 9.17) is 14.1 Å². The molecule has 6 aromatic carbocycles. The Balaban J connectivity index is 1.43. The Labute approximate surface area is 392 Å². The van der Waals surface area contributed by atoms with Crippen molar-refractivity contribution in [1.82, 2.24) is 14.5 Å². The quantitative estimate of drug-likeness (QED) is 0.181. The molecule has 0 spiro atoms. The van der Waals surface area contributed by atoms with E-state index in [1.165, 1.54) is 16.7 Å². The Hall–Kier alpha value is -6.26. The van der Waals surface area contributed by atoms with Gasteiger partial charge in [-0.1, -0.05) is 167 Å². The molecule has 1 N–H and O–H groups in total. The van der Waals surface area contributed by atoms with Crippen molar-refractivity contribution < 1.29 is 9.22 Å². The fourth-order valence-corrected chi connectivity index (χ4v) is 8.91. The van der Waals surface area contributed by atoms with Gasteiger partial charge in [-0.25, -0.2) is 4.98 Å². The minimum Gasteiger partial charge on any atom is -0.507 e. The first kappa shape index (κ1) is 41.4. The first-order valence-corrected chi connectivity index (χ1v) is 22.9. The molecule has 0 saturated heterocycles. The van der Waals surface area contributed by atoms with Crippen LogP contribution in [0.15, 0.2) is 128 Å². The number of aryl methyl sites for hydroxylation is 3. The van der Waals surface area contributed by atoms with Crippen molar-refractivity contribution in [2.75, 3.05) is 0 Å². The van der Waals surface area contributed by atoms with E-state index >= 15 is 0 Å². The van der Waals surface area contributed by atoms with Gasteiger partial charge in [0, 0.05) is 27.0 Å². The van der Waals surface area contributed by atoms with Gasteiger partial charge in [0.05, 0.1) is 28.0 Å². The zero-order valence-corrected chi connectivity index (χ0v) is 40.9. The molecule has 4 heteroatoms. The van der Waals surface area contributed by atoms with Gasteiger partial charge in [-0.15, -0.1) is 0 Å². The predicted octanol–water partition coefficient (Wildman–Crippen LogP) is 16.6. The zero-order chi connectivity index (χ0) is 49.5. The Kier molecular flexibility index (Phi) is 10.4. The number of para-hydroxylation sites is 1. The van der Waals surface area contributed by atoms with Crippen molar-refractivity contribution in [3.63, 3.8) is 0 Å². The van der Waals surface area contributed by atoms with Crippen LogP contribution in [0.25, 0.3) is 72.7 Å². The number of benzene rings is 6. The number of phenolic OH excluding ortho intramolecular Hbond substituents is 1. The Morgan fingerprint density at radius 1 is 0.508 bits per heavy atom. The molecule has 2 aromatic heterocycles. The van der Waals surface area contributed by atoms with Crippen molar-refractivity contribution in [3.05, 3.63) is 166 Å². The van der Waals surface area contributed by atoms with Crippen LogP contribution in [0, 0.1) is 20.7 Å². The zero-order valence-electron chi connectivity index (χ0n) is 43.9. The van der Waals surface area contributed by atoms with Crippen LogP contribution in [0.3, 0.4) is 0 Å². The largest absolute Gasteiger partial charge is 0.507 e. The second-order valence-electron chi connectivity index (χ2n) is 22.3. The first-order chi connectivity index (χ1) is 31.6. The summed E-state index contributed by atoms with van der Waals surface area (Å²) >= 11 is 0. The van der Waals surface area contributed by atoms with Crippen molar-refractivity contribution in [1.29, 1.82) is 0 Å². The van der Waals surface area contributed by atoms with Gasteiger partial charge in [-0.2, -0.15) is 0 Å². The van der Waals surface area contributed by atoms with Crippen LogP contribution in [-0.4, -0.2) is 19.6 Å². The van der Waals surface area contributed by atoms with E-state index in [-0.39, 0.29) is 27.6 Å². The number of hydrogen-bond donors (Lipinski definition) is 1. The Bertz CT molecular complexity index is 3200. The second-order valence-corrected chi connectivity index (χ2v) is 22.3. The van der Waals surface area contributed by atoms with Crippen molar-refractivity contribution >= 4 is 11.0 Å². The summed E-state index contributed by atoms with van der Waals surface area (Å²) in [5.41, 5.74) is 16.0. The lowest BCUT2D eigenvalue weighted by Gasteiger charge is -2.27. The van der Waals surface area contributed by atoms with Gasteiger partial charge in [0.2, 0.25) is 0 Å². The molecule has 0 bridgehead atoms. The third-order valence-electron chi connectivity index (χ3n) is 12.8. The normalized spacial score (nSPS) is 13.5. The van der Waals surface area contributed by atoms with Crippen molar-refractivity contribution in [2.45, 2.75) is 125 Å². The van der Waals surface area contributed by atoms with Gasteiger partial charge >= 0.3 is 0 Å².